The second kappa shape index (κ2) is 6.98. The predicted molar refractivity (Wildman–Crippen MR) is 79.7 cm³/mol. The van der Waals surface area contributed by atoms with E-state index in [1.165, 1.54) is 24.3 Å². The third-order valence-corrected chi connectivity index (χ3v) is 2.81. The van der Waals surface area contributed by atoms with Gasteiger partial charge in [0.2, 0.25) is 5.91 Å². The van der Waals surface area contributed by atoms with Crippen LogP contribution >= 0.6 is 0 Å². The molecule has 0 unspecified atom stereocenters. The average molecular weight is 298 g/mol. The van der Waals surface area contributed by atoms with Gasteiger partial charge in [0.05, 0.1) is 0 Å². The van der Waals surface area contributed by atoms with E-state index in [2.05, 4.69) is 15.6 Å². The van der Waals surface area contributed by atoms with Gasteiger partial charge in [0, 0.05) is 30.2 Å². The van der Waals surface area contributed by atoms with Gasteiger partial charge in [0.15, 0.2) is 0 Å². The zero-order valence-electron chi connectivity index (χ0n) is 11.6. The van der Waals surface area contributed by atoms with Gasteiger partial charge in [-0.15, -0.1) is 0 Å². The first-order valence-corrected chi connectivity index (χ1v) is 6.44. The lowest BCUT2D eigenvalue weighted by molar-refractivity contribution is -0.136. The van der Waals surface area contributed by atoms with Crippen molar-refractivity contribution in [1.82, 2.24) is 10.3 Å². The van der Waals surface area contributed by atoms with Crippen LogP contribution in [0.1, 0.15) is 15.9 Å². The molecule has 1 aromatic carbocycles. The third kappa shape index (κ3) is 4.14. The van der Waals surface area contributed by atoms with Crippen molar-refractivity contribution in [2.75, 3.05) is 5.32 Å². The van der Waals surface area contributed by atoms with Crippen molar-refractivity contribution in [3.8, 4) is 0 Å². The summed E-state index contributed by atoms with van der Waals surface area (Å²) >= 11 is 0. The lowest BCUT2D eigenvalue weighted by Crippen LogP contribution is -2.34. The second-order valence-corrected chi connectivity index (χ2v) is 4.44. The van der Waals surface area contributed by atoms with E-state index in [-0.39, 0.29) is 6.54 Å². The maximum Gasteiger partial charge on any atom is 0.313 e. The van der Waals surface area contributed by atoms with Crippen molar-refractivity contribution in [3.63, 3.8) is 0 Å². The normalized spacial score (nSPS) is 9.82. The fraction of sp³-hybridized carbons (Fsp3) is 0.0667. The Morgan fingerprint density at radius 1 is 1.05 bits per heavy atom. The molecule has 0 fully saturated rings. The molecule has 0 spiro atoms. The summed E-state index contributed by atoms with van der Waals surface area (Å²) < 4.78 is 0. The smallest absolute Gasteiger partial charge is 0.313 e. The first-order valence-electron chi connectivity index (χ1n) is 6.44. The number of anilines is 1. The van der Waals surface area contributed by atoms with Crippen molar-refractivity contribution in [1.29, 1.82) is 0 Å². The van der Waals surface area contributed by atoms with Crippen molar-refractivity contribution in [2.24, 2.45) is 5.73 Å². The highest BCUT2D eigenvalue weighted by molar-refractivity contribution is 6.39. The van der Waals surface area contributed by atoms with Crippen LogP contribution in [0.15, 0.2) is 48.8 Å². The molecule has 0 saturated carbocycles. The Balaban J connectivity index is 1.88. The topological polar surface area (TPSA) is 114 Å². The molecular weight excluding hydrogens is 284 g/mol. The van der Waals surface area contributed by atoms with Crippen LogP contribution in [0.2, 0.25) is 0 Å². The number of hydrogen-bond acceptors (Lipinski definition) is 4. The molecule has 7 heteroatoms. The SMILES string of the molecule is NC(=O)c1ccc(NC(=O)C(=O)NCc2cccnc2)cc1. The minimum Gasteiger partial charge on any atom is -0.366 e. The summed E-state index contributed by atoms with van der Waals surface area (Å²) in [6.07, 6.45) is 3.22. The van der Waals surface area contributed by atoms with Gasteiger partial charge in [-0.05, 0) is 35.9 Å². The molecule has 4 N–H and O–H groups in total. The quantitative estimate of drug-likeness (QED) is 0.710. The molecule has 112 valence electrons. The van der Waals surface area contributed by atoms with Crippen LogP contribution in [0.25, 0.3) is 0 Å². The van der Waals surface area contributed by atoms with Gasteiger partial charge in [-0.25, -0.2) is 0 Å². The number of nitrogens with two attached hydrogens (primary N) is 1. The minimum atomic E-state index is -0.796. The van der Waals surface area contributed by atoms with E-state index < -0.39 is 17.7 Å². The molecule has 0 radical (unpaired) electrons. The highest BCUT2D eigenvalue weighted by atomic mass is 16.2. The third-order valence-electron chi connectivity index (χ3n) is 2.81. The summed E-state index contributed by atoms with van der Waals surface area (Å²) in [6, 6.07) is 9.44. The zero-order chi connectivity index (χ0) is 15.9. The lowest BCUT2D eigenvalue weighted by atomic mass is 10.2. The van der Waals surface area contributed by atoms with Gasteiger partial charge in [-0.1, -0.05) is 6.07 Å². The molecule has 0 aliphatic carbocycles. The van der Waals surface area contributed by atoms with Gasteiger partial charge in [0.25, 0.3) is 0 Å². The number of primary amides is 1. The molecule has 0 aliphatic rings. The summed E-state index contributed by atoms with van der Waals surface area (Å²) in [6.45, 7) is 0.209. The van der Waals surface area contributed by atoms with Gasteiger partial charge >= 0.3 is 11.8 Å². The van der Waals surface area contributed by atoms with Crippen LogP contribution in [0, 0.1) is 0 Å². The highest BCUT2D eigenvalue weighted by Crippen LogP contribution is 2.08. The zero-order valence-corrected chi connectivity index (χ0v) is 11.6. The number of pyridine rings is 1. The van der Waals surface area contributed by atoms with E-state index in [0.29, 0.717) is 11.3 Å². The number of amides is 3. The van der Waals surface area contributed by atoms with Crippen LogP contribution < -0.4 is 16.4 Å². The summed E-state index contributed by atoms with van der Waals surface area (Å²) in [5.41, 5.74) is 6.61. The van der Waals surface area contributed by atoms with Crippen LogP contribution in [0.3, 0.4) is 0 Å². The number of nitrogens with one attached hydrogen (secondary N) is 2. The molecule has 1 heterocycles. The standard InChI is InChI=1S/C15H14N4O3/c16-13(20)11-3-5-12(6-4-11)19-15(22)14(21)18-9-10-2-1-7-17-8-10/h1-8H,9H2,(H2,16,20)(H,18,21)(H,19,22). The molecule has 3 amide bonds. The number of benzene rings is 1. The number of carbonyl (C=O) groups excluding carboxylic acids is 3. The Bertz CT molecular complexity index is 684. The minimum absolute atomic E-state index is 0.209. The Hall–Kier alpha value is -3.22. The summed E-state index contributed by atoms with van der Waals surface area (Å²) in [5.74, 6) is -2.12. The van der Waals surface area contributed by atoms with Crippen molar-refractivity contribution in [3.05, 3.63) is 59.9 Å². The van der Waals surface area contributed by atoms with Crippen molar-refractivity contribution >= 4 is 23.4 Å². The molecule has 0 atom stereocenters. The van der Waals surface area contributed by atoms with Crippen LogP contribution in [-0.4, -0.2) is 22.7 Å². The van der Waals surface area contributed by atoms with E-state index in [0.717, 1.165) is 5.56 Å². The number of carbonyl (C=O) groups is 3. The van der Waals surface area contributed by atoms with Crippen LogP contribution in [0.5, 0.6) is 0 Å². The van der Waals surface area contributed by atoms with E-state index in [9.17, 15) is 14.4 Å². The molecule has 22 heavy (non-hydrogen) atoms. The molecule has 0 saturated heterocycles. The van der Waals surface area contributed by atoms with E-state index in [1.807, 2.05) is 0 Å². The highest BCUT2D eigenvalue weighted by Gasteiger charge is 2.13. The summed E-state index contributed by atoms with van der Waals surface area (Å²) in [4.78, 5) is 38.2. The van der Waals surface area contributed by atoms with Crippen LogP contribution in [0.4, 0.5) is 5.69 Å². The van der Waals surface area contributed by atoms with E-state index in [4.69, 9.17) is 5.73 Å². The van der Waals surface area contributed by atoms with Gasteiger partial charge in [-0.3, -0.25) is 19.4 Å². The van der Waals surface area contributed by atoms with Gasteiger partial charge in [-0.2, -0.15) is 0 Å². The van der Waals surface area contributed by atoms with E-state index >= 15 is 0 Å². The molecule has 0 bridgehead atoms. The molecule has 0 aliphatic heterocycles. The fourth-order valence-electron chi connectivity index (χ4n) is 1.67. The average Bonchev–Trinajstić information content (AvgIpc) is 2.54. The number of hydrogen-bond donors (Lipinski definition) is 3. The predicted octanol–water partition coefficient (Wildman–Crippen LogP) is 0.435. The Kier molecular flexibility index (Phi) is 4.81. The Morgan fingerprint density at radius 2 is 1.77 bits per heavy atom. The summed E-state index contributed by atoms with van der Waals surface area (Å²) in [7, 11) is 0. The number of aromatic nitrogens is 1. The maximum absolute atomic E-state index is 11.7. The van der Waals surface area contributed by atoms with Crippen LogP contribution in [-0.2, 0) is 16.1 Å². The van der Waals surface area contributed by atoms with Gasteiger partial charge < -0.3 is 16.4 Å². The second-order valence-electron chi connectivity index (χ2n) is 4.44. The molecular formula is C15H14N4O3. The monoisotopic (exact) mass is 298 g/mol. The summed E-state index contributed by atoms with van der Waals surface area (Å²) in [5, 5.41) is 4.91. The first kappa shape index (κ1) is 15.2. The number of nitrogens with zero attached hydrogens (tertiary/aromatic N) is 1. The van der Waals surface area contributed by atoms with Gasteiger partial charge in [0.1, 0.15) is 0 Å². The largest absolute Gasteiger partial charge is 0.366 e. The van der Waals surface area contributed by atoms with Crippen molar-refractivity contribution in [2.45, 2.75) is 6.54 Å². The Morgan fingerprint density at radius 3 is 2.36 bits per heavy atom. The molecule has 1 aromatic heterocycles. The Labute approximate surface area is 126 Å². The maximum atomic E-state index is 11.7. The molecule has 2 aromatic rings. The number of rotatable bonds is 4. The molecule has 7 nitrogen and oxygen atoms in total. The fourth-order valence-corrected chi connectivity index (χ4v) is 1.67. The van der Waals surface area contributed by atoms with E-state index in [1.54, 1.807) is 24.5 Å². The van der Waals surface area contributed by atoms with Crippen molar-refractivity contribution < 1.29 is 14.4 Å². The lowest BCUT2D eigenvalue weighted by Gasteiger charge is -2.06. The first-order chi connectivity index (χ1) is 10.6. The molecule has 2 rings (SSSR count).